The van der Waals surface area contributed by atoms with Gasteiger partial charge in [0.2, 0.25) is 0 Å². The van der Waals surface area contributed by atoms with Gasteiger partial charge in [-0.25, -0.2) is 0 Å². The summed E-state index contributed by atoms with van der Waals surface area (Å²) in [5, 5.41) is 13.9. The summed E-state index contributed by atoms with van der Waals surface area (Å²) in [6.45, 7) is 5.34. The van der Waals surface area contributed by atoms with Crippen molar-refractivity contribution >= 4 is 27.8 Å². The van der Waals surface area contributed by atoms with Gasteiger partial charge in [-0.15, -0.1) is 0 Å². The number of rotatable bonds is 5. The van der Waals surface area contributed by atoms with Crippen molar-refractivity contribution in [2.45, 2.75) is 26.3 Å². The molecule has 1 atom stereocenters. The molecule has 0 fully saturated rings. The first-order valence-electron chi connectivity index (χ1n) is 8.19. The molecule has 128 valence electrons. The third-order valence-corrected chi connectivity index (χ3v) is 4.50. The highest BCUT2D eigenvalue weighted by molar-refractivity contribution is 6.05. The molecule has 3 rings (SSSR count). The van der Waals surface area contributed by atoms with Crippen LogP contribution in [0, 0.1) is 17.2 Å². The quantitative estimate of drug-likeness (QED) is 0.763. The zero-order valence-corrected chi connectivity index (χ0v) is 14.5. The van der Waals surface area contributed by atoms with Gasteiger partial charge in [-0.05, 0) is 37.1 Å². The van der Waals surface area contributed by atoms with E-state index in [0.717, 1.165) is 21.9 Å². The van der Waals surface area contributed by atoms with E-state index in [1.54, 1.807) is 13.0 Å². The molecule has 0 spiro atoms. The number of carbonyl (C=O) groups excluding carboxylic acids is 1. The summed E-state index contributed by atoms with van der Waals surface area (Å²) in [6, 6.07) is 15.4. The van der Waals surface area contributed by atoms with Gasteiger partial charge in [0.05, 0.1) is 6.07 Å². The topological polar surface area (TPSA) is 75.3 Å². The van der Waals surface area contributed by atoms with Crippen LogP contribution in [0.1, 0.15) is 20.8 Å². The number of hydrogen-bond acceptors (Lipinski definition) is 4. The van der Waals surface area contributed by atoms with Crippen LogP contribution in [0.5, 0.6) is 5.75 Å². The number of benzene rings is 2. The van der Waals surface area contributed by atoms with E-state index in [9.17, 15) is 10.1 Å². The molecule has 2 aromatic carbocycles. The fraction of sp³-hybridized carbons (Fsp3) is 0.300. The molecule has 0 aliphatic rings. The Balaban J connectivity index is 1.74. The Morgan fingerprint density at radius 2 is 1.96 bits per heavy atom. The number of carbonyl (C=O) groups is 1. The maximum atomic E-state index is 12.1. The molecule has 0 aliphatic carbocycles. The van der Waals surface area contributed by atoms with E-state index in [1.165, 1.54) is 0 Å². The van der Waals surface area contributed by atoms with Gasteiger partial charge in [0.25, 0.3) is 5.91 Å². The van der Waals surface area contributed by atoms with Crippen molar-refractivity contribution in [2.75, 3.05) is 6.61 Å². The number of nitrogens with zero attached hydrogens (tertiary/aromatic N) is 1. The van der Waals surface area contributed by atoms with Crippen LogP contribution < -0.4 is 10.1 Å². The van der Waals surface area contributed by atoms with E-state index in [1.807, 2.05) is 50.2 Å². The lowest BCUT2D eigenvalue weighted by Crippen LogP contribution is -2.50. The lowest BCUT2D eigenvalue weighted by atomic mass is 9.90. The van der Waals surface area contributed by atoms with E-state index in [4.69, 9.17) is 9.15 Å². The molecule has 0 radical (unpaired) electrons. The van der Waals surface area contributed by atoms with Crippen molar-refractivity contribution < 1.29 is 13.9 Å². The number of hydrogen-bond donors (Lipinski definition) is 1. The summed E-state index contributed by atoms with van der Waals surface area (Å²) in [5.41, 5.74) is 0.675. The van der Waals surface area contributed by atoms with Crippen molar-refractivity contribution in [3.8, 4) is 11.8 Å². The zero-order chi connectivity index (χ0) is 18.0. The van der Waals surface area contributed by atoms with Crippen LogP contribution in [0.25, 0.3) is 21.9 Å². The highest BCUT2D eigenvalue weighted by atomic mass is 16.5. The van der Waals surface area contributed by atoms with Gasteiger partial charge in [0, 0.05) is 10.8 Å². The third kappa shape index (κ3) is 3.29. The minimum absolute atomic E-state index is 0.00454. The van der Waals surface area contributed by atoms with Crippen LogP contribution in [0.4, 0.5) is 0 Å². The molecular weight excluding hydrogens is 316 g/mol. The average Bonchev–Trinajstić information content (AvgIpc) is 2.97. The molecule has 5 nitrogen and oxygen atoms in total. The number of fused-ring (bicyclic) bond motifs is 3. The van der Waals surface area contributed by atoms with Crippen molar-refractivity contribution in [3.05, 3.63) is 42.5 Å². The van der Waals surface area contributed by atoms with E-state index in [2.05, 4.69) is 11.4 Å². The first-order valence-corrected chi connectivity index (χ1v) is 8.19. The number of furan rings is 1. The normalized spacial score (nSPS) is 13.6. The summed E-state index contributed by atoms with van der Waals surface area (Å²) in [6.07, 6.45) is 0. The number of ether oxygens (including phenoxy) is 1. The lowest BCUT2D eigenvalue weighted by molar-refractivity contribution is -0.124. The molecule has 1 heterocycles. The van der Waals surface area contributed by atoms with Gasteiger partial charge in [-0.2, -0.15) is 5.26 Å². The summed E-state index contributed by atoms with van der Waals surface area (Å²) in [4.78, 5) is 12.1. The minimum atomic E-state index is -0.912. The Bertz CT molecular complexity index is 968. The predicted molar refractivity (Wildman–Crippen MR) is 96.2 cm³/mol. The first-order chi connectivity index (χ1) is 11.9. The summed E-state index contributed by atoms with van der Waals surface area (Å²) < 4.78 is 11.4. The van der Waals surface area contributed by atoms with E-state index in [0.29, 0.717) is 5.75 Å². The van der Waals surface area contributed by atoms with E-state index < -0.39 is 5.54 Å². The van der Waals surface area contributed by atoms with E-state index >= 15 is 0 Å². The van der Waals surface area contributed by atoms with Crippen LogP contribution >= 0.6 is 0 Å². The van der Waals surface area contributed by atoms with Crippen molar-refractivity contribution in [1.29, 1.82) is 5.26 Å². The van der Waals surface area contributed by atoms with Crippen LogP contribution in [-0.4, -0.2) is 18.1 Å². The second kappa shape index (κ2) is 6.48. The van der Waals surface area contributed by atoms with Gasteiger partial charge in [-0.1, -0.05) is 32.0 Å². The maximum Gasteiger partial charge on any atom is 0.259 e. The molecule has 0 saturated carbocycles. The van der Waals surface area contributed by atoms with Crippen molar-refractivity contribution in [2.24, 2.45) is 5.92 Å². The Hall–Kier alpha value is -3.00. The zero-order valence-electron chi connectivity index (χ0n) is 14.5. The molecule has 3 aromatic rings. The molecule has 0 unspecified atom stereocenters. The fourth-order valence-electron chi connectivity index (χ4n) is 2.57. The SMILES string of the molecule is CC(C)[C@](C)(C#N)NC(=O)COc1ccc2oc3ccccc3c2c1. The van der Waals surface area contributed by atoms with E-state index in [-0.39, 0.29) is 18.4 Å². The van der Waals surface area contributed by atoms with Gasteiger partial charge < -0.3 is 14.5 Å². The van der Waals surface area contributed by atoms with Crippen LogP contribution in [0.2, 0.25) is 0 Å². The van der Waals surface area contributed by atoms with Gasteiger partial charge >= 0.3 is 0 Å². The van der Waals surface area contributed by atoms with Crippen LogP contribution in [-0.2, 0) is 4.79 Å². The van der Waals surface area contributed by atoms with Crippen LogP contribution in [0.15, 0.2) is 46.9 Å². The Morgan fingerprint density at radius 1 is 1.24 bits per heavy atom. The van der Waals surface area contributed by atoms with Gasteiger partial charge in [0.15, 0.2) is 6.61 Å². The molecular formula is C20H20N2O3. The monoisotopic (exact) mass is 336 g/mol. The third-order valence-electron chi connectivity index (χ3n) is 4.50. The van der Waals surface area contributed by atoms with Crippen molar-refractivity contribution in [3.63, 3.8) is 0 Å². The summed E-state index contributed by atoms with van der Waals surface area (Å²) >= 11 is 0. The Labute approximate surface area is 146 Å². The average molecular weight is 336 g/mol. The molecule has 0 saturated heterocycles. The molecule has 5 heteroatoms. The molecule has 1 aromatic heterocycles. The second-order valence-corrected chi connectivity index (χ2v) is 6.56. The molecule has 1 N–H and O–H groups in total. The smallest absolute Gasteiger partial charge is 0.259 e. The second-order valence-electron chi connectivity index (χ2n) is 6.56. The molecule has 0 aliphatic heterocycles. The number of amides is 1. The Kier molecular flexibility index (Phi) is 4.37. The highest BCUT2D eigenvalue weighted by Gasteiger charge is 2.30. The van der Waals surface area contributed by atoms with Crippen molar-refractivity contribution in [1.82, 2.24) is 5.32 Å². The maximum absolute atomic E-state index is 12.1. The molecule has 0 bridgehead atoms. The largest absolute Gasteiger partial charge is 0.484 e. The predicted octanol–water partition coefficient (Wildman–Crippen LogP) is 4.02. The van der Waals surface area contributed by atoms with Crippen LogP contribution in [0.3, 0.4) is 0 Å². The summed E-state index contributed by atoms with van der Waals surface area (Å²) in [7, 11) is 0. The molecule has 1 amide bonds. The first kappa shape index (κ1) is 16.8. The molecule has 25 heavy (non-hydrogen) atoms. The minimum Gasteiger partial charge on any atom is -0.484 e. The standard InChI is InChI=1S/C20H20N2O3/c1-13(2)20(3,12-21)22-19(23)11-24-14-8-9-18-16(10-14)15-6-4-5-7-17(15)25-18/h4-10,13H,11H2,1-3H3,(H,22,23)/t20-/m0/s1. The summed E-state index contributed by atoms with van der Waals surface area (Å²) in [5.74, 6) is 0.252. The fourth-order valence-corrected chi connectivity index (χ4v) is 2.57. The lowest BCUT2D eigenvalue weighted by Gasteiger charge is -2.27. The van der Waals surface area contributed by atoms with Gasteiger partial charge in [-0.3, -0.25) is 4.79 Å². The number of nitrogens with one attached hydrogen (secondary N) is 1. The number of nitriles is 1. The van der Waals surface area contributed by atoms with Gasteiger partial charge in [0.1, 0.15) is 22.5 Å². The highest BCUT2D eigenvalue weighted by Crippen LogP contribution is 2.31. The Morgan fingerprint density at radius 3 is 2.68 bits per heavy atom. The number of para-hydroxylation sites is 1.